The summed E-state index contributed by atoms with van der Waals surface area (Å²) in [6.07, 6.45) is 11.0. The molecule has 1 aliphatic carbocycles. The molecule has 2 nitrogen and oxygen atoms in total. The van der Waals surface area contributed by atoms with Crippen LogP contribution in [0.5, 0.6) is 0 Å². The Hall–Kier alpha value is -0.0800. The molecule has 1 fully saturated rings. The van der Waals surface area contributed by atoms with Crippen molar-refractivity contribution in [2.24, 2.45) is 5.92 Å². The van der Waals surface area contributed by atoms with E-state index in [0.29, 0.717) is 0 Å². The van der Waals surface area contributed by atoms with Crippen molar-refractivity contribution in [2.45, 2.75) is 71.3 Å². The van der Waals surface area contributed by atoms with E-state index in [9.17, 15) is 0 Å². The van der Waals surface area contributed by atoms with Crippen LogP contribution >= 0.6 is 0 Å². The summed E-state index contributed by atoms with van der Waals surface area (Å²) >= 11 is 0. The summed E-state index contributed by atoms with van der Waals surface area (Å²) in [5.41, 5.74) is 0. The van der Waals surface area contributed by atoms with E-state index in [4.69, 9.17) is 4.74 Å². The highest BCUT2D eigenvalue weighted by Gasteiger charge is 2.19. The Morgan fingerprint density at radius 1 is 1.24 bits per heavy atom. The standard InChI is InChI=1S/C15H31NO/c1-3-11-16-15(10-7-12-17-4-2)13-14-8-5-6-9-14/h14-16H,3-13H2,1-2H3. The lowest BCUT2D eigenvalue weighted by atomic mass is 9.95. The molecular formula is C15H31NO. The number of hydrogen-bond donors (Lipinski definition) is 1. The van der Waals surface area contributed by atoms with Crippen molar-refractivity contribution < 1.29 is 4.74 Å². The second-order valence-corrected chi connectivity index (χ2v) is 5.38. The van der Waals surface area contributed by atoms with Crippen LogP contribution in [0.1, 0.15) is 65.2 Å². The second kappa shape index (κ2) is 9.90. The van der Waals surface area contributed by atoms with Crippen LogP contribution < -0.4 is 5.32 Å². The third-order valence-corrected chi connectivity index (χ3v) is 3.82. The maximum Gasteiger partial charge on any atom is 0.0466 e. The zero-order chi connectivity index (χ0) is 12.3. The van der Waals surface area contributed by atoms with E-state index in [1.165, 1.54) is 57.9 Å². The molecule has 2 heteroatoms. The highest BCUT2D eigenvalue weighted by molar-refractivity contribution is 4.75. The van der Waals surface area contributed by atoms with Crippen molar-refractivity contribution in [2.75, 3.05) is 19.8 Å². The minimum atomic E-state index is 0.735. The Labute approximate surface area is 108 Å². The molecule has 1 unspecified atom stereocenters. The quantitative estimate of drug-likeness (QED) is 0.588. The van der Waals surface area contributed by atoms with E-state index in [-0.39, 0.29) is 0 Å². The topological polar surface area (TPSA) is 21.3 Å². The van der Waals surface area contributed by atoms with Crippen LogP contribution in [0.3, 0.4) is 0 Å². The molecule has 0 saturated heterocycles. The molecular weight excluding hydrogens is 210 g/mol. The molecule has 0 spiro atoms. The molecule has 1 atom stereocenters. The van der Waals surface area contributed by atoms with Gasteiger partial charge in [0.2, 0.25) is 0 Å². The van der Waals surface area contributed by atoms with Gasteiger partial charge in [0.25, 0.3) is 0 Å². The molecule has 1 aliphatic rings. The molecule has 0 aromatic rings. The van der Waals surface area contributed by atoms with Gasteiger partial charge in [-0.1, -0.05) is 32.6 Å². The predicted molar refractivity (Wildman–Crippen MR) is 74.4 cm³/mol. The lowest BCUT2D eigenvalue weighted by molar-refractivity contribution is 0.139. The average molecular weight is 241 g/mol. The molecule has 0 aliphatic heterocycles. The Morgan fingerprint density at radius 2 is 2.00 bits per heavy atom. The molecule has 0 aromatic carbocycles. The van der Waals surface area contributed by atoms with E-state index in [2.05, 4.69) is 19.2 Å². The first-order chi connectivity index (χ1) is 8.36. The zero-order valence-corrected chi connectivity index (χ0v) is 11.8. The first kappa shape index (κ1) is 15.0. The fourth-order valence-corrected chi connectivity index (χ4v) is 2.88. The molecule has 1 rings (SSSR count). The maximum atomic E-state index is 5.43. The summed E-state index contributed by atoms with van der Waals surface area (Å²) in [7, 11) is 0. The Morgan fingerprint density at radius 3 is 2.65 bits per heavy atom. The third-order valence-electron chi connectivity index (χ3n) is 3.82. The van der Waals surface area contributed by atoms with Crippen molar-refractivity contribution >= 4 is 0 Å². The number of rotatable bonds is 10. The normalized spacial score (nSPS) is 18.7. The predicted octanol–water partition coefficient (Wildman–Crippen LogP) is 3.75. The summed E-state index contributed by atoms with van der Waals surface area (Å²) in [6, 6.07) is 0.735. The summed E-state index contributed by atoms with van der Waals surface area (Å²) in [5.74, 6) is 0.997. The van der Waals surface area contributed by atoms with Crippen molar-refractivity contribution in [1.29, 1.82) is 0 Å². The lowest BCUT2D eigenvalue weighted by Gasteiger charge is -2.22. The fraction of sp³-hybridized carbons (Fsp3) is 1.00. The molecule has 0 bridgehead atoms. The number of ether oxygens (including phenoxy) is 1. The largest absolute Gasteiger partial charge is 0.382 e. The van der Waals surface area contributed by atoms with Crippen LogP contribution in [0.2, 0.25) is 0 Å². The molecule has 0 aromatic heterocycles. The van der Waals surface area contributed by atoms with Crippen molar-refractivity contribution in [3.05, 3.63) is 0 Å². The first-order valence-electron chi connectivity index (χ1n) is 7.68. The van der Waals surface area contributed by atoms with E-state index in [1.54, 1.807) is 0 Å². The van der Waals surface area contributed by atoms with Crippen LogP contribution in [0, 0.1) is 5.92 Å². The third kappa shape index (κ3) is 7.05. The van der Waals surface area contributed by atoms with E-state index in [0.717, 1.165) is 25.2 Å². The second-order valence-electron chi connectivity index (χ2n) is 5.38. The number of nitrogens with one attached hydrogen (secondary N) is 1. The van der Waals surface area contributed by atoms with Crippen LogP contribution in [0.25, 0.3) is 0 Å². The van der Waals surface area contributed by atoms with Crippen molar-refractivity contribution in [1.82, 2.24) is 5.32 Å². The van der Waals surface area contributed by atoms with E-state index < -0.39 is 0 Å². The van der Waals surface area contributed by atoms with Gasteiger partial charge in [-0.25, -0.2) is 0 Å². The molecule has 0 amide bonds. The smallest absolute Gasteiger partial charge is 0.0466 e. The maximum absolute atomic E-state index is 5.43. The minimum absolute atomic E-state index is 0.735. The molecule has 1 N–H and O–H groups in total. The van der Waals surface area contributed by atoms with Gasteiger partial charge in [0.15, 0.2) is 0 Å². The summed E-state index contributed by atoms with van der Waals surface area (Å²) < 4.78 is 5.43. The molecule has 0 radical (unpaired) electrons. The monoisotopic (exact) mass is 241 g/mol. The van der Waals surface area contributed by atoms with Crippen LogP contribution in [-0.2, 0) is 4.74 Å². The Balaban J connectivity index is 2.16. The van der Waals surface area contributed by atoms with Crippen LogP contribution in [0.4, 0.5) is 0 Å². The molecule has 17 heavy (non-hydrogen) atoms. The fourth-order valence-electron chi connectivity index (χ4n) is 2.88. The summed E-state index contributed by atoms with van der Waals surface area (Å²) in [5, 5.41) is 3.72. The molecule has 1 saturated carbocycles. The first-order valence-corrected chi connectivity index (χ1v) is 7.68. The van der Waals surface area contributed by atoms with Gasteiger partial charge in [0.1, 0.15) is 0 Å². The average Bonchev–Trinajstić information content (AvgIpc) is 2.84. The minimum Gasteiger partial charge on any atom is -0.382 e. The molecule has 102 valence electrons. The Bertz CT molecular complexity index is 166. The lowest BCUT2D eigenvalue weighted by Crippen LogP contribution is -2.31. The summed E-state index contributed by atoms with van der Waals surface area (Å²) in [4.78, 5) is 0. The van der Waals surface area contributed by atoms with Gasteiger partial charge < -0.3 is 10.1 Å². The summed E-state index contributed by atoms with van der Waals surface area (Å²) in [6.45, 7) is 7.29. The van der Waals surface area contributed by atoms with Gasteiger partial charge in [-0.2, -0.15) is 0 Å². The van der Waals surface area contributed by atoms with Gasteiger partial charge in [-0.3, -0.25) is 0 Å². The highest BCUT2D eigenvalue weighted by Crippen LogP contribution is 2.29. The van der Waals surface area contributed by atoms with Gasteiger partial charge in [0.05, 0.1) is 0 Å². The zero-order valence-electron chi connectivity index (χ0n) is 11.8. The van der Waals surface area contributed by atoms with Gasteiger partial charge in [0, 0.05) is 19.3 Å². The van der Waals surface area contributed by atoms with Crippen LogP contribution in [0.15, 0.2) is 0 Å². The van der Waals surface area contributed by atoms with Gasteiger partial charge >= 0.3 is 0 Å². The Kier molecular flexibility index (Phi) is 8.72. The number of hydrogen-bond acceptors (Lipinski definition) is 2. The van der Waals surface area contributed by atoms with Crippen molar-refractivity contribution in [3.8, 4) is 0 Å². The van der Waals surface area contributed by atoms with Crippen LogP contribution in [-0.4, -0.2) is 25.8 Å². The van der Waals surface area contributed by atoms with E-state index in [1.807, 2.05) is 0 Å². The highest BCUT2D eigenvalue weighted by atomic mass is 16.5. The van der Waals surface area contributed by atoms with Gasteiger partial charge in [-0.15, -0.1) is 0 Å². The SMILES string of the molecule is CCCNC(CCCOCC)CC1CCCC1. The van der Waals surface area contributed by atoms with Gasteiger partial charge in [-0.05, 0) is 45.1 Å². The van der Waals surface area contributed by atoms with Crippen molar-refractivity contribution in [3.63, 3.8) is 0 Å². The molecule has 0 heterocycles. The van der Waals surface area contributed by atoms with E-state index >= 15 is 0 Å².